The number of ether oxygens (including phenoxy) is 2. The van der Waals surface area contributed by atoms with Crippen molar-refractivity contribution in [2.24, 2.45) is 5.92 Å². The van der Waals surface area contributed by atoms with Gasteiger partial charge in [-0.1, -0.05) is 31.8 Å². The third kappa shape index (κ3) is 6.60. The fraction of sp³-hybridized carbons (Fsp3) is 0.529. The number of aryl methyl sites for hydroxylation is 1. The van der Waals surface area contributed by atoms with Gasteiger partial charge in [-0.15, -0.1) is 0 Å². The molecule has 0 saturated heterocycles. The summed E-state index contributed by atoms with van der Waals surface area (Å²) in [5.74, 6) is 7.27. The minimum absolute atomic E-state index is 0.0814. The lowest BCUT2D eigenvalue weighted by Gasteiger charge is -2.10. The highest BCUT2D eigenvalue weighted by Crippen LogP contribution is 2.19. The predicted octanol–water partition coefficient (Wildman–Crippen LogP) is 2.78. The number of aliphatic hydroxyl groups is 1. The Morgan fingerprint density at radius 1 is 1.25 bits per heavy atom. The monoisotopic (exact) mass is 276 g/mol. The minimum atomic E-state index is 0.0814. The summed E-state index contributed by atoms with van der Waals surface area (Å²) in [6, 6.07) is 5.93. The molecule has 0 aliphatic heterocycles. The molecule has 0 radical (unpaired) electrons. The van der Waals surface area contributed by atoms with E-state index in [1.807, 2.05) is 25.1 Å². The van der Waals surface area contributed by atoms with Crippen molar-refractivity contribution >= 4 is 0 Å². The molecular weight excluding hydrogens is 252 g/mol. The second-order valence-electron chi connectivity index (χ2n) is 5.09. The van der Waals surface area contributed by atoms with Crippen LogP contribution in [-0.4, -0.2) is 31.5 Å². The van der Waals surface area contributed by atoms with Crippen LogP contribution in [0.25, 0.3) is 0 Å². The second-order valence-corrected chi connectivity index (χ2v) is 5.09. The smallest absolute Gasteiger partial charge is 0.135 e. The van der Waals surface area contributed by atoms with E-state index in [4.69, 9.17) is 14.6 Å². The summed E-state index contributed by atoms with van der Waals surface area (Å²) in [7, 11) is 0. The predicted molar refractivity (Wildman–Crippen MR) is 80.9 cm³/mol. The van der Waals surface area contributed by atoms with Gasteiger partial charge in [-0.25, -0.2) is 0 Å². The zero-order valence-corrected chi connectivity index (χ0v) is 12.6. The lowest BCUT2D eigenvalue weighted by molar-refractivity contribution is 0.0818. The zero-order chi connectivity index (χ0) is 14.8. The first-order valence-corrected chi connectivity index (χ1v) is 7.04. The largest absolute Gasteiger partial charge is 0.490 e. The molecule has 0 aromatic heterocycles. The van der Waals surface area contributed by atoms with E-state index in [9.17, 15) is 0 Å². The lowest BCUT2D eigenvalue weighted by Crippen LogP contribution is -2.10. The molecule has 20 heavy (non-hydrogen) atoms. The van der Waals surface area contributed by atoms with Crippen LogP contribution in [0.15, 0.2) is 18.2 Å². The highest BCUT2D eigenvalue weighted by molar-refractivity contribution is 5.48. The summed E-state index contributed by atoms with van der Waals surface area (Å²) in [5, 5.41) is 8.76. The summed E-state index contributed by atoms with van der Waals surface area (Å²) in [6.07, 6.45) is 0.477. The molecule has 1 rings (SSSR count). The zero-order valence-electron chi connectivity index (χ0n) is 12.6. The van der Waals surface area contributed by atoms with Crippen LogP contribution >= 0.6 is 0 Å². The number of hydrogen-bond acceptors (Lipinski definition) is 3. The molecule has 0 amide bonds. The SMILES string of the molecule is Cc1ccc(OCCOCC(C)C)c(C#CCCO)c1. The number of aliphatic hydroxyl groups excluding tert-OH is 1. The highest BCUT2D eigenvalue weighted by atomic mass is 16.5. The second kappa shape index (κ2) is 9.41. The molecule has 0 aliphatic rings. The van der Waals surface area contributed by atoms with Gasteiger partial charge < -0.3 is 14.6 Å². The van der Waals surface area contributed by atoms with Crippen molar-refractivity contribution in [2.45, 2.75) is 27.2 Å². The fourth-order valence-corrected chi connectivity index (χ4v) is 1.61. The molecule has 0 aliphatic carbocycles. The average Bonchev–Trinajstić information content (AvgIpc) is 2.40. The van der Waals surface area contributed by atoms with Crippen LogP contribution in [0.2, 0.25) is 0 Å². The molecular formula is C17H24O3. The molecule has 1 N–H and O–H groups in total. The molecule has 0 saturated carbocycles. The first kappa shape index (κ1) is 16.6. The van der Waals surface area contributed by atoms with E-state index in [0.29, 0.717) is 25.6 Å². The van der Waals surface area contributed by atoms with Gasteiger partial charge in [0.1, 0.15) is 12.4 Å². The van der Waals surface area contributed by atoms with Gasteiger partial charge >= 0.3 is 0 Å². The van der Waals surface area contributed by atoms with Crippen LogP contribution in [0.1, 0.15) is 31.4 Å². The standard InChI is InChI=1S/C17H24O3/c1-14(2)13-19-10-11-20-17-8-7-15(3)12-16(17)6-4-5-9-18/h7-8,12,14,18H,5,9-11,13H2,1-3H3. The molecule has 3 nitrogen and oxygen atoms in total. The molecule has 110 valence electrons. The molecule has 1 aromatic rings. The maximum Gasteiger partial charge on any atom is 0.135 e. The van der Waals surface area contributed by atoms with Gasteiger partial charge in [0.15, 0.2) is 0 Å². The van der Waals surface area contributed by atoms with Gasteiger partial charge in [-0.2, -0.15) is 0 Å². The number of rotatable bonds is 7. The minimum Gasteiger partial charge on any atom is -0.490 e. The molecule has 0 unspecified atom stereocenters. The van der Waals surface area contributed by atoms with Crippen LogP contribution in [0, 0.1) is 24.7 Å². The Bertz CT molecular complexity index is 455. The van der Waals surface area contributed by atoms with Crippen molar-refractivity contribution in [3.63, 3.8) is 0 Å². The Balaban J connectivity index is 2.54. The average molecular weight is 276 g/mol. The summed E-state index contributed by atoms with van der Waals surface area (Å²) in [5.41, 5.74) is 2.00. The lowest BCUT2D eigenvalue weighted by atomic mass is 10.1. The van der Waals surface area contributed by atoms with Crippen molar-refractivity contribution in [3.05, 3.63) is 29.3 Å². The van der Waals surface area contributed by atoms with Crippen molar-refractivity contribution in [3.8, 4) is 17.6 Å². The van der Waals surface area contributed by atoms with Crippen molar-refractivity contribution < 1.29 is 14.6 Å². The van der Waals surface area contributed by atoms with Crippen LogP contribution in [0.3, 0.4) is 0 Å². The van der Waals surface area contributed by atoms with E-state index in [-0.39, 0.29) is 6.61 Å². The molecule has 0 bridgehead atoms. The molecule has 1 aromatic carbocycles. The Kier molecular flexibility index (Phi) is 7.79. The van der Waals surface area contributed by atoms with E-state index >= 15 is 0 Å². The normalized spacial score (nSPS) is 10.2. The van der Waals surface area contributed by atoms with Crippen LogP contribution in [0.5, 0.6) is 5.75 Å². The van der Waals surface area contributed by atoms with Crippen molar-refractivity contribution in [2.75, 3.05) is 26.4 Å². The molecule has 0 heterocycles. The van der Waals surface area contributed by atoms with Gasteiger partial charge in [0.25, 0.3) is 0 Å². The van der Waals surface area contributed by atoms with E-state index in [1.54, 1.807) is 0 Å². The quantitative estimate of drug-likeness (QED) is 0.615. The Morgan fingerprint density at radius 2 is 2.05 bits per heavy atom. The van der Waals surface area contributed by atoms with Gasteiger partial charge in [0, 0.05) is 13.0 Å². The van der Waals surface area contributed by atoms with Crippen molar-refractivity contribution in [1.29, 1.82) is 0 Å². The summed E-state index contributed by atoms with van der Waals surface area (Å²) < 4.78 is 11.2. The molecule has 3 heteroatoms. The third-order valence-corrected chi connectivity index (χ3v) is 2.53. The molecule has 0 atom stereocenters. The summed E-state index contributed by atoms with van der Waals surface area (Å²) in [4.78, 5) is 0. The Morgan fingerprint density at radius 3 is 2.75 bits per heavy atom. The van der Waals surface area contributed by atoms with Crippen molar-refractivity contribution in [1.82, 2.24) is 0 Å². The fourth-order valence-electron chi connectivity index (χ4n) is 1.61. The maximum absolute atomic E-state index is 8.76. The number of benzene rings is 1. The van der Waals surface area contributed by atoms with E-state index < -0.39 is 0 Å². The topological polar surface area (TPSA) is 38.7 Å². The summed E-state index contributed by atoms with van der Waals surface area (Å²) in [6.45, 7) is 8.19. The van der Waals surface area contributed by atoms with Gasteiger partial charge in [-0.05, 0) is 30.5 Å². The number of hydrogen-bond donors (Lipinski definition) is 1. The first-order chi connectivity index (χ1) is 9.63. The van der Waals surface area contributed by atoms with Gasteiger partial charge in [-0.3, -0.25) is 0 Å². The van der Waals surface area contributed by atoms with Gasteiger partial charge in [0.05, 0.1) is 18.8 Å². The third-order valence-electron chi connectivity index (χ3n) is 2.53. The highest BCUT2D eigenvalue weighted by Gasteiger charge is 2.02. The van der Waals surface area contributed by atoms with Crippen LogP contribution < -0.4 is 4.74 Å². The molecule has 0 spiro atoms. The van der Waals surface area contributed by atoms with E-state index in [0.717, 1.165) is 23.5 Å². The Hall–Kier alpha value is -1.50. The summed E-state index contributed by atoms with van der Waals surface area (Å²) >= 11 is 0. The first-order valence-electron chi connectivity index (χ1n) is 7.04. The van der Waals surface area contributed by atoms with E-state index in [2.05, 4.69) is 25.7 Å². The van der Waals surface area contributed by atoms with Gasteiger partial charge in [0.2, 0.25) is 0 Å². The van der Waals surface area contributed by atoms with Crippen LogP contribution in [0.4, 0.5) is 0 Å². The van der Waals surface area contributed by atoms with E-state index in [1.165, 1.54) is 0 Å². The molecule has 0 fully saturated rings. The van der Waals surface area contributed by atoms with Crippen LogP contribution in [-0.2, 0) is 4.74 Å². The maximum atomic E-state index is 8.76. The Labute approximate surface area is 121 Å².